The summed E-state index contributed by atoms with van der Waals surface area (Å²) >= 11 is 0. The molecule has 1 aromatic carbocycles. The van der Waals surface area contributed by atoms with Crippen molar-refractivity contribution in [2.75, 3.05) is 0 Å². The third kappa shape index (κ3) is 3.75. The Balaban J connectivity index is 0.000000160. The van der Waals surface area contributed by atoms with E-state index in [1.165, 1.54) is 11.1 Å². The van der Waals surface area contributed by atoms with Crippen LogP contribution < -0.4 is 0 Å². The van der Waals surface area contributed by atoms with E-state index in [9.17, 15) is 0 Å². The van der Waals surface area contributed by atoms with Crippen molar-refractivity contribution in [1.29, 1.82) is 0 Å². The van der Waals surface area contributed by atoms with Crippen molar-refractivity contribution in [1.82, 2.24) is 19.5 Å². The van der Waals surface area contributed by atoms with Gasteiger partial charge in [0.25, 0.3) is 0 Å². The zero-order chi connectivity index (χ0) is 14.4. The van der Waals surface area contributed by atoms with Gasteiger partial charge in [0.1, 0.15) is 6.33 Å². The zero-order valence-electron chi connectivity index (χ0n) is 12.0. The fraction of sp³-hybridized carbons (Fsp3) is 0.188. The number of hydrogen-bond donors (Lipinski definition) is 0. The Bertz CT molecular complexity index is 642. The molecule has 0 spiro atoms. The van der Waals surface area contributed by atoms with Gasteiger partial charge in [-0.1, -0.05) is 35.4 Å². The van der Waals surface area contributed by atoms with Crippen molar-refractivity contribution in [2.45, 2.75) is 20.8 Å². The van der Waals surface area contributed by atoms with Crippen molar-refractivity contribution in [3.63, 3.8) is 0 Å². The molecule has 3 rings (SSSR count). The minimum Gasteiger partial charge on any atom is -0.286 e. The number of benzene rings is 1. The second-order valence-corrected chi connectivity index (χ2v) is 4.63. The van der Waals surface area contributed by atoms with E-state index in [0.717, 1.165) is 11.5 Å². The number of nitrogens with zero attached hydrogens (tertiary/aromatic N) is 4. The molecule has 4 heteroatoms. The third-order valence-electron chi connectivity index (χ3n) is 2.79. The molecule has 4 nitrogen and oxygen atoms in total. The number of hydrogen-bond acceptors (Lipinski definition) is 3. The van der Waals surface area contributed by atoms with Crippen LogP contribution in [0.1, 0.15) is 16.8 Å². The molecule has 0 amide bonds. The van der Waals surface area contributed by atoms with Gasteiger partial charge in [0.05, 0.1) is 6.20 Å². The first-order chi connectivity index (χ1) is 9.66. The lowest BCUT2D eigenvalue weighted by atomic mass is 10.2. The summed E-state index contributed by atoms with van der Waals surface area (Å²) in [6.45, 7) is 6.18. The Kier molecular flexibility index (Phi) is 4.60. The van der Waals surface area contributed by atoms with Crippen LogP contribution in [0.4, 0.5) is 0 Å². The van der Waals surface area contributed by atoms with Crippen LogP contribution in [0.3, 0.4) is 0 Å². The predicted molar refractivity (Wildman–Crippen MR) is 79.8 cm³/mol. The normalized spacial score (nSPS) is 9.75. The Labute approximate surface area is 119 Å². The molecule has 0 aliphatic rings. The topological polar surface area (TPSA) is 43.6 Å². The van der Waals surface area contributed by atoms with E-state index in [4.69, 9.17) is 0 Å². The molecule has 3 aromatic rings. The van der Waals surface area contributed by atoms with Gasteiger partial charge in [0.2, 0.25) is 0 Å². The summed E-state index contributed by atoms with van der Waals surface area (Å²) < 4.78 is 1.88. The van der Waals surface area contributed by atoms with Gasteiger partial charge < -0.3 is 0 Å². The van der Waals surface area contributed by atoms with Crippen LogP contribution in [0.5, 0.6) is 0 Å². The fourth-order valence-electron chi connectivity index (χ4n) is 1.82. The SMILES string of the molecule is Cc1cccc(C)c1.Cc1cncn1-c1cnccn1. The van der Waals surface area contributed by atoms with Gasteiger partial charge in [-0.25, -0.2) is 9.97 Å². The molecule has 0 atom stereocenters. The van der Waals surface area contributed by atoms with Crippen molar-refractivity contribution < 1.29 is 0 Å². The highest BCUT2D eigenvalue weighted by atomic mass is 15.1. The molecule has 102 valence electrons. The highest BCUT2D eigenvalue weighted by Crippen LogP contribution is 2.04. The summed E-state index contributed by atoms with van der Waals surface area (Å²) in [5, 5.41) is 0. The average molecular weight is 266 g/mol. The first kappa shape index (κ1) is 13.9. The van der Waals surface area contributed by atoms with Crippen LogP contribution in [0.2, 0.25) is 0 Å². The Hall–Kier alpha value is -2.49. The van der Waals surface area contributed by atoms with E-state index in [2.05, 4.69) is 53.1 Å². The molecular weight excluding hydrogens is 248 g/mol. The van der Waals surface area contributed by atoms with Gasteiger partial charge in [0, 0.05) is 24.3 Å². The van der Waals surface area contributed by atoms with E-state index in [1.807, 2.05) is 11.5 Å². The van der Waals surface area contributed by atoms with E-state index in [-0.39, 0.29) is 0 Å². The molecule has 0 radical (unpaired) electrons. The van der Waals surface area contributed by atoms with Crippen LogP contribution in [0.25, 0.3) is 5.82 Å². The Morgan fingerprint density at radius 2 is 1.65 bits per heavy atom. The summed E-state index contributed by atoms with van der Waals surface area (Å²) in [4.78, 5) is 12.1. The average Bonchev–Trinajstić information content (AvgIpc) is 2.86. The number of aryl methyl sites for hydroxylation is 3. The zero-order valence-corrected chi connectivity index (χ0v) is 12.0. The monoisotopic (exact) mass is 266 g/mol. The number of rotatable bonds is 1. The highest BCUT2D eigenvalue weighted by Gasteiger charge is 1.98. The summed E-state index contributed by atoms with van der Waals surface area (Å²) in [6.07, 6.45) is 8.52. The molecule has 0 saturated heterocycles. The van der Waals surface area contributed by atoms with Gasteiger partial charge in [-0.05, 0) is 20.8 Å². The van der Waals surface area contributed by atoms with Crippen LogP contribution in [0.15, 0.2) is 55.4 Å². The van der Waals surface area contributed by atoms with Gasteiger partial charge >= 0.3 is 0 Å². The summed E-state index contributed by atoms with van der Waals surface area (Å²) in [5.41, 5.74) is 3.73. The summed E-state index contributed by atoms with van der Waals surface area (Å²) in [7, 11) is 0. The van der Waals surface area contributed by atoms with Gasteiger partial charge in [-0.15, -0.1) is 0 Å². The van der Waals surface area contributed by atoms with E-state index < -0.39 is 0 Å². The lowest BCUT2D eigenvalue weighted by Gasteiger charge is -2.00. The molecule has 20 heavy (non-hydrogen) atoms. The molecule has 0 aliphatic heterocycles. The lowest BCUT2D eigenvalue weighted by Crippen LogP contribution is -1.97. The van der Waals surface area contributed by atoms with Gasteiger partial charge in [-0.2, -0.15) is 0 Å². The second-order valence-electron chi connectivity index (χ2n) is 4.63. The van der Waals surface area contributed by atoms with Gasteiger partial charge in [0.15, 0.2) is 5.82 Å². The lowest BCUT2D eigenvalue weighted by molar-refractivity contribution is 0.936. The quantitative estimate of drug-likeness (QED) is 0.679. The van der Waals surface area contributed by atoms with Crippen LogP contribution in [0, 0.1) is 20.8 Å². The molecular formula is C16H18N4. The molecule has 2 aromatic heterocycles. The van der Waals surface area contributed by atoms with E-state index in [0.29, 0.717) is 0 Å². The Morgan fingerprint density at radius 3 is 2.10 bits per heavy atom. The van der Waals surface area contributed by atoms with Gasteiger partial charge in [-0.3, -0.25) is 9.55 Å². The maximum atomic E-state index is 4.14. The third-order valence-corrected chi connectivity index (χ3v) is 2.79. The van der Waals surface area contributed by atoms with Crippen molar-refractivity contribution in [3.05, 3.63) is 72.2 Å². The largest absolute Gasteiger partial charge is 0.286 e. The molecule has 2 heterocycles. The van der Waals surface area contributed by atoms with Crippen molar-refractivity contribution >= 4 is 0 Å². The minimum absolute atomic E-state index is 0.799. The first-order valence-electron chi connectivity index (χ1n) is 6.45. The summed E-state index contributed by atoms with van der Waals surface area (Å²) in [6, 6.07) is 8.45. The molecule has 0 saturated carbocycles. The van der Waals surface area contributed by atoms with Crippen molar-refractivity contribution in [3.8, 4) is 5.82 Å². The first-order valence-corrected chi connectivity index (χ1v) is 6.45. The van der Waals surface area contributed by atoms with E-state index >= 15 is 0 Å². The van der Waals surface area contributed by atoms with E-state index in [1.54, 1.807) is 31.1 Å². The highest BCUT2D eigenvalue weighted by molar-refractivity contribution is 5.21. The van der Waals surface area contributed by atoms with Crippen molar-refractivity contribution in [2.24, 2.45) is 0 Å². The predicted octanol–water partition coefficient (Wildman–Crippen LogP) is 3.27. The fourth-order valence-corrected chi connectivity index (χ4v) is 1.82. The van der Waals surface area contributed by atoms with Crippen LogP contribution in [-0.4, -0.2) is 19.5 Å². The van der Waals surface area contributed by atoms with Crippen LogP contribution >= 0.6 is 0 Å². The minimum atomic E-state index is 0.799. The standard InChI is InChI=1S/C8H8N4.C8H10/c1-7-4-10-6-12(7)8-5-9-2-3-11-8;1-7-4-3-5-8(2)6-7/h2-6H,1H3;3-6H,1-2H3. The summed E-state index contributed by atoms with van der Waals surface area (Å²) in [5.74, 6) is 0.799. The molecule has 0 aliphatic carbocycles. The maximum absolute atomic E-state index is 4.14. The molecule has 0 N–H and O–H groups in total. The Morgan fingerprint density at radius 1 is 0.900 bits per heavy atom. The smallest absolute Gasteiger partial charge is 0.156 e. The molecule has 0 unspecified atom stereocenters. The maximum Gasteiger partial charge on any atom is 0.156 e. The molecule has 0 bridgehead atoms. The number of imidazole rings is 1. The molecule has 0 fully saturated rings. The number of aromatic nitrogens is 4. The second kappa shape index (κ2) is 6.61. The van der Waals surface area contributed by atoms with Crippen LogP contribution in [-0.2, 0) is 0 Å².